The fourth-order valence-electron chi connectivity index (χ4n) is 3.83. The Labute approximate surface area is 190 Å². The van der Waals surface area contributed by atoms with E-state index in [4.69, 9.17) is 21.4 Å². The van der Waals surface area contributed by atoms with E-state index in [0.717, 1.165) is 21.4 Å². The number of alkyl halides is 1. The van der Waals surface area contributed by atoms with Crippen LogP contribution in [0.15, 0.2) is 41.2 Å². The van der Waals surface area contributed by atoms with Crippen molar-refractivity contribution in [1.82, 2.24) is 14.7 Å². The number of amides is 1. The van der Waals surface area contributed by atoms with Crippen LogP contribution in [0.25, 0.3) is 10.9 Å². The highest BCUT2D eigenvalue weighted by Gasteiger charge is 2.22. The average Bonchev–Trinajstić information content (AvgIpc) is 3.03. The van der Waals surface area contributed by atoms with E-state index in [1.165, 1.54) is 22.9 Å². The van der Waals surface area contributed by atoms with Crippen molar-refractivity contribution < 1.29 is 19.4 Å². The molecule has 1 heterocycles. The SMILES string of the molecule is Cc1cccc(C(C)C)c1CNC(=O)n1c(=O)c2cccc(OC(=O)O)c2n1CCCCl. The Morgan fingerprint density at radius 1 is 1.19 bits per heavy atom. The van der Waals surface area contributed by atoms with Gasteiger partial charge in [0.05, 0.1) is 5.39 Å². The summed E-state index contributed by atoms with van der Waals surface area (Å²) in [6.45, 7) is 6.63. The van der Waals surface area contributed by atoms with Gasteiger partial charge in [-0.1, -0.05) is 38.1 Å². The number of nitrogens with one attached hydrogen (secondary N) is 1. The number of halogens is 1. The van der Waals surface area contributed by atoms with Gasteiger partial charge in [-0.15, -0.1) is 11.6 Å². The summed E-state index contributed by atoms with van der Waals surface area (Å²) in [7, 11) is 0. The largest absolute Gasteiger partial charge is 0.511 e. The lowest BCUT2D eigenvalue weighted by Gasteiger charge is -2.17. The van der Waals surface area contributed by atoms with Crippen LogP contribution in [0.2, 0.25) is 0 Å². The average molecular weight is 460 g/mol. The normalized spacial score (nSPS) is 11.2. The Hall–Kier alpha value is -3.26. The van der Waals surface area contributed by atoms with Crippen LogP contribution in [0.3, 0.4) is 0 Å². The first-order chi connectivity index (χ1) is 15.3. The van der Waals surface area contributed by atoms with Crippen LogP contribution in [-0.2, 0) is 13.1 Å². The minimum absolute atomic E-state index is 0.0192. The molecule has 8 nitrogen and oxygen atoms in total. The molecule has 0 aliphatic rings. The van der Waals surface area contributed by atoms with E-state index in [1.54, 1.807) is 0 Å². The number of nitrogens with zero attached hydrogens (tertiary/aromatic N) is 2. The van der Waals surface area contributed by atoms with Gasteiger partial charge in [0.2, 0.25) is 0 Å². The van der Waals surface area contributed by atoms with E-state index in [-0.39, 0.29) is 35.7 Å². The van der Waals surface area contributed by atoms with Crippen LogP contribution in [0.4, 0.5) is 9.59 Å². The first-order valence-corrected chi connectivity index (χ1v) is 10.9. The molecule has 2 aromatic carbocycles. The Morgan fingerprint density at radius 2 is 1.91 bits per heavy atom. The molecule has 0 atom stereocenters. The molecule has 0 saturated heterocycles. The number of ether oxygens (including phenoxy) is 1. The van der Waals surface area contributed by atoms with Crippen LogP contribution in [0, 0.1) is 6.92 Å². The van der Waals surface area contributed by atoms with Gasteiger partial charge in [0.1, 0.15) is 5.52 Å². The molecule has 1 aromatic heterocycles. The van der Waals surface area contributed by atoms with Crippen LogP contribution >= 0.6 is 11.6 Å². The topological polar surface area (TPSA) is 103 Å². The van der Waals surface area contributed by atoms with Crippen molar-refractivity contribution >= 4 is 34.7 Å². The highest BCUT2D eigenvalue weighted by molar-refractivity contribution is 6.17. The zero-order valence-electron chi connectivity index (χ0n) is 18.2. The second-order valence-corrected chi connectivity index (χ2v) is 8.14. The Bertz CT molecular complexity index is 1210. The molecule has 9 heteroatoms. The van der Waals surface area contributed by atoms with Crippen molar-refractivity contribution in [2.24, 2.45) is 0 Å². The molecule has 0 spiro atoms. The second-order valence-electron chi connectivity index (χ2n) is 7.76. The van der Waals surface area contributed by atoms with Crippen molar-refractivity contribution in [2.45, 2.75) is 46.2 Å². The van der Waals surface area contributed by atoms with E-state index >= 15 is 0 Å². The maximum atomic E-state index is 13.2. The summed E-state index contributed by atoms with van der Waals surface area (Å²) in [5, 5.41) is 12.1. The van der Waals surface area contributed by atoms with Crippen LogP contribution in [0.1, 0.15) is 42.9 Å². The number of aryl methyl sites for hydroxylation is 2. The molecular formula is C23H26ClN3O5. The molecular weight excluding hydrogens is 434 g/mol. The summed E-state index contributed by atoms with van der Waals surface area (Å²) in [6.07, 6.45) is -1.04. The first-order valence-electron chi connectivity index (χ1n) is 10.3. The predicted molar refractivity (Wildman–Crippen MR) is 123 cm³/mol. The summed E-state index contributed by atoms with van der Waals surface area (Å²) < 4.78 is 7.27. The van der Waals surface area contributed by atoms with Gasteiger partial charge in [-0.2, -0.15) is 4.68 Å². The fourth-order valence-corrected chi connectivity index (χ4v) is 3.95. The van der Waals surface area contributed by atoms with Gasteiger partial charge in [-0.3, -0.25) is 9.48 Å². The molecule has 0 unspecified atom stereocenters. The summed E-state index contributed by atoms with van der Waals surface area (Å²) in [5.74, 6) is 0.558. The standard InChI is InChI=1S/C23H26ClN3O5/c1-14(2)16-8-4-7-15(3)18(16)13-25-22(29)27-21(28)17-9-5-10-19(32-23(30)31)20(17)26(27)12-6-11-24/h4-5,7-10,14H,6,11-13H2,1-3H3,(H,25,29)(H,30,31). The lowest BCUT2D eigenvalue weighted by molar-refractivity contribution is 0.145. The van der Waals surface area contributed by atoms with Crippen molar-refractivity contribution in [1.29, 1.82) is 0 Å². The Balaban J connectivity index is 2.05. The lowest BCUT2D eigenvalue weighted by Crippen LogP contribution is -2.38. The number of benzene rings is 2. The zero-order valence-corrected chi connectivity index (χ0v) is 19.0. The van der Waals surface area contributed by atoms with Crippen molar-refractivity contribution in [3.05, 3.63) is 63.4 Å². The van der Waals surface area contributed by atoms with Crippen molar-refractivity contribution in [2.75, 3.05) is 5.88 Å². The van der Waals surface area contributed by atoms with Crippen LogP contribution < -0.4 is 15.6 Å². The zero-order chi connectivity index (χ0) is 23.4. The van der Waals surface area contributed by atoms with Gasteiger partial charge in [-0.25, -0.2) is 9.59 Å². The maximum Gasteiger partial charge on any atom is 0.511 e. The minimum Gasteiger partial charge on any atom is -0.449 e. The maximum absolute atomic E-state index is 13.2. The van der Waals surface area contributed by atoms with Crippen molar-refractivity contribution in [3.63, 3.8) is 0 Å². The van der Waals surface area contributed by atoms with E-state index < -0.39 is 17.7 Å². The third kappa shape index (κ3) is 4.65. The molecule has 0 fully saturated rings. The number of fused-ring (bicyclic) bond motifs is 1. The third-order valence-electron chi connectivity index (χ3n) is 5.30. The highest BCUT2D eigenvalue weighted by Crippen LogP contribution is 2.25. The van der Waals surface area contributed by atoms with Gasteiger partial charge in [0, 0.05) is 19.0 Å². The minimum atomic E-state index is -1.51. The summed E-state index contributed by atoms with van der Waals surface area (Å²) >= 11 is 5.84. The first kappa shape index (κ1) is 23.4. The molecule has 0 saturated carbocycles. The van der Waals surface area contributed by atoms with Gasteiger partial charge >= 0.3 is 12.2 Å². The van der Waals surface area contributed by atoms with Crippen LogP contribution in [0.5, 0.6) is 5.75 Å². The monoisotopic (exact) mass is 459 g/mol. The molecule has 3 rings (SSSR count). The summed E-state index contributed by atoms with van der Waals surface area (Å²) in [5.41, 5.74) is 2.85. The number of carbonyl (C=O) groups excluding carboxylic acids is 1. The molecule has 0 bridgehead atoms. The number of hydrogen-bond donors (Lipinski definition) is 2. The molecule has 2 N–H and O–H groups in total. The van der Waals surface area contributed by atoms with E-state index in [9.17, 15) is 14.4 Å². The third-order valence-corrected chi connectivity index (χ3v) is 5.57. The molecule has 0 aliphatic carbocycles. The molecule has 1 amide bonds. The molecule has 0 radical (unpaired) electrons. The number of carboxylic acid groups (broad SMARTS) is 1. The van der Waals surface area contributed by atoms with Gasteiger partial charge in [-0.05, 0) is 48.1 Å². The number of hydrogen-bond acceptors (Lipinski definition) is 4. The lowest BCUT2D eigenvalue weighted by atomic mass is 9.94. The summed E-state index contributed by atoms with van der Waals surface area (Å²) in [6, 6.07) is 9.86. The number of rotatable bonds is 7. The molecule has 3 aromatic rings. The smallest absolute Gasteiger partial charge is 0.449 e. The number of carbonyl (C=O) groups is 2. The number of aromatic nitrogens is 2. The highest BCUT2D eigenvalue weighted by atomic mass is 35.5. The van der Waals surface area contributed by atoms with E-state index in [0.29, 0.717) is 12.3 Å². The van der Waals surface area contributed by atoms with E-state index in [2.05, 4.69) is 19.2 Å². The quantitative estimate of drug-likeness (QED) is 0.303. The Kier molecular flexibility index (Phi) is 7.25. The fraction of sp³-hybridized carbons (Fsp3) is 0.348. The van der Waals surface area contributed by atoms with E-state index in [1.807, 2.05) is 25.1 Å². The summed E-state index contributed by atoms with van der Waals surface area (Å²) in [4.78, 5) is 37.4. The van der Waals surface area contributed by atoms with Gasteiger partial charge in [0.25, 0.3) is 5.56 Å². The molecule has 170 valence electrons. The predicted octanol–water partition coefficient (Wildman–Crippen LogP) is 4.68. The molecule has 32 heavy (non-hydrogen) atoms. The van der Waals surface area contributed by atoms with Crippen LogP contribution in [-0.4, -0.2) is 32.5 Å². The van der Waals surface area contributed by atoms with Crippen molar-refractivity contribution in [3.8, 4) is 5.75 Å². The van der Waals surface area contributed by atoms with Gasteiger partial charge < -0.3 is 15.2 Å². The molecule has 0 aliphatic heterocycles. The second kappa shape index (κ2) is 9.91. The Morgan fingerprint density at radius 3 is 2.56 bits per heavy atom. The van der Waals surface area contributed by atoms with Gasteiger partial charge in [0.15, 0.2) is 5.75 Å². The number of para-hydroxylation sites is 1.